The minimum absolute atomic E-state index is 0.0816. The first kappa shape index (κ1) is 14.5. The van der Waals surface area contributed by atoms with Crippen LogP contribution in [-0.4, -0.2) is 41.1 Å². The summed E-state index contributed by atoms with van der Waals surface area (Å²) in [6, 6.07) is -1.20. The van der Waals surface area contributed by atoms with E-state index in [0.717, 1.165) is 6.42 Å². The number of nitrogens with zero attached hydrogens (tertiary/aromatic N) is 1. The molecule has 0 spiro atoms. The molecule has 16 heavy (non-hydrogen) atoms. The molecule has 92 valence electrons. The van der Waals surface area contributed by atoms with Crippen molar-refractivity contribution < 1.29 is 14.7 Å². The maximum absolute atomic E-state index is 11.7. The number of aliphatic carboxylic acids is 1. The van der Waals surface area contributed by atoms with Crippen LogP contribution in [0.15, 0.2) is 12.7 Å². The van der Waals surface area contributed by atoms with Gasteiger partial charge in [0.05, 0.1) is 0 Å². The van der Waals surface area contributed by atoms with Crippen molar-refractivity contribution in [2.24, 2.45) is 0 Å². The zero-order valence-corrected chi connectivity index (χ0v) is 10.1. The molecule has 0 aromatic heterocycles. The van der Waals surface area contributed by atoms with Crippen LogP contribution in [0, 0.1) is 0 Å². The molecule has 2 atom stereocenters. The molecular weight excluding hydrogens is 208 g/mol. The smallest absolute Gasteiger partial charge is 0.326 e. The Morgan fingerprint density at radius 3 is 2.50 bits per heavy atom. The molecule has 0 bridgehead atoms. The zero-order valence-electron chi connectivity index (χ0n) is 10.1. The van der Waals surface area contributed by atoms with Gasteiger partial charge in [0.1, 0.15) is 6.04 Å². The van der Waals surface area contributed by atoms with Crippen molar-refractivity contribution >= 4 is 12.0 Å². The van der Waals surface area contributed by atoms with Crippen molar-refractivity contribution in [3.05, 3.63) is 12.7 Å². The first-order valence-electron chi connectivity index (χ1n) is 5.31. The average Bonchev–Trinajstić information content (AvgIpc) is 2.25. The van der Waals surface area contributed by atoms with Crippen molar-refractivity contribution in [2.45, 2.75) is 38.8 Å². The number of carbonyl (C=O) groups excluding carboxylic acids is 1. The quantitative estimate of drug-likeness (QED) is 0.676. The minimum atomic E-state index is -1.05. The van der Waals surface area contributed by atoms with E-state index in [1.54, 1.807) is 7.05 Å². The number of carboxylic acids is 1. The van der Waals surface area contributed by atoms with E-state index in [4.69, 9.17) is 5.11 Å². The highest BCUT2D eigenvalue weighted by Gasteiger charge is 2.21. The largest absolute Gasteiger partial charge is 0.480 e. The lowest BCUT2D eigenvalue weighted by molar-refractivity contribution is -0.139. The fourth-order valence-corrected chi connectivity index (χ4v) is 1.11. The van der Waals surface area contributed by atoms with E-state index >= 15 is 0 Å². The van der Waals surface area contributed by atoms with Gasteiger partial charge in [0.25, 0.3) is 0 Å². The van der Waals surface area contributed by atoms with E-state index in [-0.39, 0.29) is 18.5 Å². The standard InChI is InChI=1S/C11H20N2O3/c1-5-7-9(10(14)15)12-11(16)13(4)8(3)6-2/h5,8-9H,1,6-7H2,2-4H3,(H,12,16)(H,14,15). The summed E-state index contributed by atoms with van der Waals surface area (Å²) in [6.45, 7) is 7.33. The maximum Gasteiger partial charge on any atom is 0.326 e. The monoisotopic (exact) mass is 228 g/mol. The van der Waals surface area contributed by atoms with Crippen LogP contribution in [0.5, 0.6) is 0 Å². The number of hydrogen-bond donors (Lipinski definition) is 2. The number of amides is 2. The molecule has 0 saturated carbocycles. The summed E-state index contributed by atoms with van der Waals surface area (Å²) in [4.78, 5) is 24.0. The van der Waals surface area contributed by atoms with Gasteiger partial charge in [-0.1, -0.05) is 13.0 Å². The van der Waals surface area contributed by atoms with E-state index in [9.17, 15) is 9.59 Å². The second kappa shape index (κ2) is 6.87. The molecule has 2 N–H and O–H groups in total. The molecule has 0 fully saturated rings. The van der Waals surface area contributed by atoms with Gasteiger partial charge in [0, 0.05) is 13.1 Å². The highest BCUT2D eigenvalue weighted by Crippen LogP contribution is 2.02. The van der Waals surface area contributed by atoms with Gasteiger partial charge >= 0.3 is 12.0 Å². The van der Waals surface area contributed by atoms with Crippen molar-refractivity contribution in [2.75, 3.05) is 7.05 Å². The van der Waals surface area contributed by atoms with E-state index in [2.05, 4.69) is 11.9 Å². The molecular formula is C11H20N2O3. The first-order valence-corrected chi connectivity index (χ1v) is 5.31. The van der Waals surface area contributed by atoms with Gasteiger partial charge in [0.2, 0.25) is 0 Å². The van der Waals surface area contributed by atoms with Crippen molar-refractivity contribution in [1.82, 2.24) is 10.2 Å². The molecule has 0 rings (SSSR count). The van der Waals surface area contributed by atoms with Crippen LogP contribution in [0.25, 0.3) is 0 Å². The lowest BCUT2D eigenvalue weighted by Gasteiger charge is -2.25. The lowest BCUT2D eigenvalue weighted by Crippen LogP contribution is -2.48. The molecule has 0 heterocycles. The average molecular weight is 228 g/mol. The predicted molar refractivity (Wildman–Crippen MR) is 62.3 cm³/mol. The fraction of sp³-hybridized carbons (Fsp3) is 0.636. The molecule has 0 aromatic rings. The van der Waals surface area contributed by atoms with Crippen LogP contribution < -0.4 is 5.32 Å². The van der Waals surface area contributed by atoms with Crippen molar-refractivity contribution in [1.29, 1.82) is 0 Å². The number of hydrogen-bond acceptors (Lipinski definition) is 2. The van der Waals surface area contributed by atoms with Crippen molar-refractivity contribution in [3.63, 3.8) is 0 Å². The number of carbonyl (C=O) groups is 2. The third kappa shape index (κ3) is 4.33. The Hall–Kier alpha value is -1.52. The lowest BCUT2D eigenvalue weighted by atomic mass is 10.2. The molecule has 0 aromatic carbocycles. The third-order valence-electron chi connectivity index (χ3n) is 2.57. The molecule has 0 aliphatic carbocycles. The molecule has 0 aliphatic rings. The summed E-state index contributed by atoms with van der Waals surface area (Å²) in [5.41, 5.74) is 0. The number of urea groups is 1. The summed E-state index contributed by atoms with van der Waals surface area (Å²) in [7, 11) is 1.65. The number of rotatable bonds is 6. The maximum atomic E-state index is 11.7. The molecule has 0 radical (unpaired) electrons. The van der Waals surface area contributed by atoms with Crippen LogP contribution >= 0.6 is 0 Å². The van der Waals surface area contributed by atoms with E-state index < -0.39 is 12.0 Å². The van der Waals surface area contributed by atoms with Gasteiger partial charge in [-0.05, 0) is 19.8 Å². The van der Waals surface area contributed by atoms with Gasteiger partial charge in [-0.15, -0.1) is 6.58 Å². The molecule has 5 nitrogen and oxygen atoms in total. The van der Waals surface area contributed by atoms with E-state index in [0.29, 0.717) is 0 Å². The van der Waals surface area contributed by atoms with Crippen LogP contribution in [0.2, 0.25) is 0 Å². The summed E-state index contributed by atoms with van der Waals surface area (Å²) in [5, 5.41) is 11.3. The SMILES string of the molecule is C=CCC(NC(=O)N(C)C(C)CC)C(=O)O. The van der Waals surface area contributed by atoms with Crippen LogP contribution in [0.3, 0.4) is 0 Å². The Labute approximate surface area is 96.1 Å². The number of nitrogens with one attached hydrogen (secondary N) is 1. The third-order valence-corrected chi connectivity index (χ3v) is 2.57. The summed E-state index contributed by atoms with van der Waals surface area (Å²) in [5.74, 6) is -1.05. The Morgan fingerprint density at radius 2 is 2.12 bits per heavy atom. The summed E-state index contributed by atoms with van der Waals surface area (Å²) < 4.78 is 0. The molecule has 0 aliphatic heterocycles. The topological polar surface area (TPSA) is 69.6 Å². The normalized spacial score (nSPS) is 13.7. The fourth-order valence-electron chi connectivity index (χ4n) is 1.11. The second-order valence-electron chi connectivity index (χ2n) is 3.73. The molecule has 2 amide bonds. The highest BCUT2D eigenvalue weighted by atomic mass is 16.4. The summed E-state index contributed by atoms with van der Waals surface area (Å²) >= 11 is 0. The van der Waals surface area contributed by atoms with E-state index in [1.807, 2.05) is 13.8 Å². The Morgan fingerprint density at radius 1 is 1.56 bits per heavy atom. The highest BCUT2D eigenvalue weighted by molar-refractivity contribution is 5.82. The van der Waals surface area contributed by atoms with Crippen LogP contribution in [-0.2, 0) is 4.79 Å². The van der Waals surface area contributed by atoms with Gasteiger partial charge in [-0.3, -0.25) is 0 Å². The Bertz CT molecular complexity index is 266. The molecule has 0 saturated heterocycles. The predicted octanol–water partition coefficient (Wildman–Crippen LogP) is 1.46. The minimum Gasteiger partial charge on any atom is -0.480 e. The van der Waals surface area contributed by atoms with Crippen LogP contribution in [0.1, 0.15) is 26.7 Å². The Balaban J connectivity index is 4.39. The Kier molecular flexibility index (Phi) is 6.22. The second-order valence-corrected chi connectivity index (χ2v) is 3.73. The van der Waals surface area contributed by atoms with Gasteiger partial charge in [-0.2, -0.15) is 0 Å². The number of carboxylic acid groups (broad SMARTS) is 1. The van der Waals surface area contributed by atoms with Gasteiger partial charge in [0.15, 0.2) is 0 Å². The van der Waals surface area contributed by atoms with Gasteiger partial charge in [-0.25, -0.2) is 9.59 Å². The first-order chi connectivity index (χ1) is 7.43. The molecule has 2 unspecified atom stereocenters. The van der Waals surface area contributed by atoms with Crippen molar-refractivity contribution in [3.8, 4) is 0 Å². The van der Waals surface area contributed by atoms with Gasteiger partial charge < -0.3 is 15.3 Å². The van der Waals surface area contributed by atoms with E-state index in [1.165, 1.54) is 11.0 Å². The molecule has 5 heteroatoms. The zero-order chi connectivity index (χ0) is 12.7. The van der Waals surface area contributed by atoms with Crippen LogP contribution in [0.4, 0.5) is 4.79 Å². The summed E-state index contributed by atoms with van der Waals surface area (Å²) in [6.07, 6.45) is 2.51.